The van der Waals surface area contributed by atoms with Gasteiger partial charge in [-0.15, -0.1) is 0 Å². The Balaban J connectivity index is 3.08. The van der Waals surface area contributed by atoms with E-state index in [1.807, 2.05) is 0 Å². The van der Waals surface area contributed by atoms with Crippen LogP contribution in [0.5, 0.6) is 0 Å². The van der Waals surface area contributed by atoms with Crippen LogP contribution in [0, 0.1) is 0 Å². The van der Waals surface area contributed by atoms with Crippen molar-refractivity contribution in [2.45, 2.75) is 0 Å². The van der Waals surface area contributed by atoms with Gasteiger partial charge in [0.2, 0.25) is 0 Å². The highest BCUT2D eigenvalue weighted by atomic mass is 16.5. The van der Waals surface area contributed by atoms with Crippen LogP contribution in [0.2, 0.25) is 0 Å². The van der Waals surface area contributed by atoms with Crippen LogP contribution in [0.3, 0.4) is 0 Å². The Hall–Kier alpha value is -0.800. The molecule has 0 rings (SSSR count). The molecular weight excluding hydrogens is 120 g/mol. The topological polar surface area (TPSA) is 49.7 Å². The molecule has 52 valence electrons. The predicted octanol–water partition coefficient (Wildman–Crippen LogP) is 0.0150. The Kier molecular flexibility index (Phi) is 6.56. The van der Waals surface area contributed by atoms with E-state index in [-0.39, 0.29) is 13.2 Å². The fraction of sp³-hybridized carbons (Fsp3) is 0.333. The van der Waals surface area contributed by atoms with Gasteiger partial charge in [0.05, 0.1) is 25.7 Å². The number of hydrogen-bond acceptors (Lipinski definition) is 3. The van der Waals surface area contributed by atoms with Crippen molar-refractivity contribution >= 4 is 0 Å². The Bertz CT molecular complexity index is 84.5. The summed E-state index contributed by atoms with van der Waals surface area (Å²) in [6.07, 6.45) is 5.57. The van der Waals surface area contributed by atoms with Gasteiger partial charge in [0.15, 0.2) is 0 Å². The summed E-state index contributed by atoms with van der Waals surface area (Å²) in [7, 11) is 0. The lowest BCUT2D eigenvalue weighted by atomic mass is 10.7. The van der Waals surface area contributed by atoms with Crippen LogP contribution < -0.4 is 0 Å². The largest absolute Gasteiger partial charge is 0.473 e. The first kappa shape index (κ1) is 8.20. The van der Waals surface area contributed by atoms with Crippen molar-refractivity contribution in [2.75, 3.05) is 13.2 Å². The minimum Gasteiger partial charge on any atom is -0.473 e. The smallest absolute Gasteiger partial charge is 0.0884 e. The third-order valence-corrected chi connectivity index (χ3v) is 0.560. The average molecular weight is 130 g/mol. The Morgan fingerprint density at radius 3 is 1.78 bits per heavy atom. The molecule has 0 aliphatic carbocycles. The van der Waals surface area contributed by atoms with Gasteiger partial charge in [0.25, 0.3) is 0 Å². The van der Waals surface area contributed by atoms with Gasteiger partial charge in [-0.1, -0.05) is 0 Å². The predicted molar refractivity (Wildman–Crippen MR) is 33.5 cm³/mol. The van der Waals surface area contributed by atoms with Crippen LogP contribution in [0.25, 0.3) is 0 Å². The third-order valence-electron chi connectivity index (χ3n) is 0.560. The fourth-order valence-electron chi connectivity index (χ4n) is 0.243. The molecule has 3 heteroatoms. The average Bonchev–Trinajstić information content (AvgIpc) is 1.89. The Morgan fingerprint density at radius 1 is 1.00 bits per heavy atom. The van der Waals surface area contributed by atoms with Crippen molar-refractivity contribution in [1.29, 1.82) is 0 Å². The molecule has 0 heterocycles. The first-order valence-electron chi connectivity index (χ1n) is 2.59. The molecule has 9 heavy (non-hydrogen) atoms. The number of hydrogen-bond donors (Lipinski definition) is 2. The highest BCUT2D eigenvalue weighted by Gasteiger charge is 1.67. The highest BCUT2D eigenvalue weighted by Crippen LogP contribution is 1.78. The monoisotopic (exact) mass is 130 g/mol. The first-order valence-corrected chi connectivity index (χ1v) is 2.59. The molecule has 0 aromatic heterocycles. The van der Waals surface area contributed by atoms with Gasteiger partial charge in [-0.25, -0.2) is 0 Å². The maximum absolute atomic E-state index is 8.18. The summed E-state index contributed by atoms with van der Waals surface area (Å²) in [4.78, 5) is 0. The Labute approximate surface area is 53.9 Å². The van der Waals surface area contributed by atoms with Gasteiger partial charge in [0, 0.05) is 0 Å². The van der Waals surface area contributed by atoms with Crippen LogP contribution in [-0.4, -0.2) is 23.4 Å². The summed E-state index contributed by atoms with van der Waals surface area (Å²) in [5.41, 5.74) is 0. The van der Waals surface area contributed by atoms with E-state index in [1.54, 1.807) is 0 Å². The van der Waals surface area contributed by atoms with E-state index in [2.05, 4.69) is 4.74 Å². The van der Waals surface area contributed by atoms with E-state index < -0.39 is 0 Å². The quantitative estimate of drug-likeness (QED) is 0.527. The van der Waals surface area contributed by atoms with Gasteiger partial charge in [-0.05, 0) is 12.2 Å². The molecule has 0 aliphatic heterocycles. The van der Waals surface area contributed by atoms with Crippen LogP contribution in [0.1, 0.15) is 0 Å². The van der Waals surface area contributed by atoms with Gasteiger partial charge in [-0.2, -0.15) is 0 Å². The fourth-order valence-corrected chi connectivity index (χ4v) is 0.243. The second kappa shape index (κ2) is 7.20. The maximum Gasteiger partial charge on any atom is 0.0884 e. The molecule has 0 aliphatic rings. The summed E-state index contributed by atoms with van der Waals surface area (Å²) in [5, 5.41) is 16.4. The SMILES string of the molecule is OC/C=C/O/C=C/CO. The van der Waals surface area contributed by atoms with Gasteiger partial charge in [0.1, 0.15) is 0 Å². The van der Waals surface area contributed by atoms with E-state index in [0.717, 1.165) is 0 Å². The van der Waals surface area contributed by atoms with Gasteiger partial charge >= 0.3 is 0 Å². The molecule has 2 N–H and O–H groups in total. The van der Waals surface area contributed by atoms with Crippen LogP contribution >= 0.6 is 0 Å². The molecule has 0 saturated carbocycles. The minimum absolute atomic E-state index is 0.0348. The maximum atomic E-state index is 8.18. The summed E-state index contributed by atoms with van der Waals surface area (Å²) in [5.74, 6) is 0. The molecule has 0 radical (unpaired) electrons. The molecule has 0 aromatic carbocycles. The van der Waals surface area contributed by atoms with Gasteiger partial charge in [-0.3, -0.25) is 0 Å². The summed E-state index contributed by atoms with van der Waals surface area (Å²) in [6, 6.07) is 0. The second-order valence-corrected chi connectivity index (χ2v) is 1.24. The molecule has 3 nitrogen and oxygen atoms in total. The highest BCUT2D eigenvalue weighted by molar-refractivity contribution is 4.78. The van der Waals surface area contributed by atoms with Crippen molar-refractivity contribution in [3.8, 4) is 0 Å². The summed E-state index contributed by atoms with van der Waals surface area (Å²) < 4.78 is 4.63. The molecule has 0 unspecified atom stereocenters. The zero-order valence-corrected chi connectivity index (χ0v) is 5.03. The van der Waals surface area contributed by atoms with Crippen molar-refractivity contribution < 1.29 is 14.9 Å². The minimum atomic E-state index is -0.0348. The van der Waals surface area contributed by atoms with Crippen LogP contribution in [0.15, 0.2) is 24.7 Å². The van der Waals surface area contributed by atoms with E-state index in [4.69, 9.17) is 10.2 Å². The van der Waals surface area contributed by atoms with E-state index in [9.17, 15) is 0 Å². The lowest BCUT2D eigenvalue weighted by molar-refractivity contribution is 0.324. The van der Waals surface area contributed by atoms with Crippen LogP contribution in [-0.2, 0) is 4.74 Å². The molecule has 0 spiro atoms. The zero-order chi connectivity index (χ0) is 6.95. The third kappa shape index (κ3) is 7.20. The van der Waals surface area contributed by atoms with Crippen molar-refractivity contribution in [1.82, 2.24) is 0 Å². The molecule has 0 atom stereocenters. The molecule has 0 fully saturated rings. The van der Waals surface area contributed by atoms with Crippen molar-refractivity contribution in [2.24, 2.45) is 0 Å². The molecule has 0 aromatic rings. The lowest BCUT2D eigenvalue weighted by Crippen LogP contribution is -1.74. The molecular formula is C6H10O3. The van der Waals surface area contributed by atoms with E-state index in [0.29, 0.717) is 0 Å². The van der Waals surface area contributed by atoms with E-state index >= 15 is 0 Å². The second-order valence-electron chi connectivity index (χ2n) is 1.24. The first-order chi connectivity index (χ1) is 4.41. The van der Waals surface area contributed by atoms with Crippen molar-refractivity contribution in [3.05, 3.63) is 24.7 Å². The molecule has 0 amide bonds. The Morgan fingerprint density at radius 2 is 1.44 bits per heavy atom. The summed E-state index contributed by atoms with van der Waals surface area (Å²) >= 11 is 0. The standard InChI is InChI=1S/C6H10O3/c7-3-1-5-9-6-2-4-8/h1-2,5-8H,3-4H2/b5-1+,6-2+. The van der Waals surface area contributed by atoms with Crippen LogP contribution in [0.4, 0.5) is 0 Å². The van der Waals surface area contributed by atoms with Gasteiger partial charge < -0.3 is 14.9 Å². The van der Waals surface area contributed by atoms with Crippen molar-refractivity contribution in [3.63, 3.8) is 0 Å². The summed E-state index contributed by atoms with van der Waals surface area (Å²) in [6.45, 7) is -0.0695. The number of aliphatic hydroxyl groups excluding tert-OH is 2. The molecule has 0 saturated heterocycles. The number of rotatable bonds is 4. The normalized spacial score (nSPS) is 11.3. The molecule has 0 bridgehead atoms. The number of ether oxygens (including phenoxy) is 1. The number of aliphatic hydroxyl groups is 2. The zero-order valence-electron chi connectivity index (χ0n) is 5.03. The lowest BCUT2D eigenvalue weighted by Gasteiger charge is -1.85. The van der Waals surface area contributed by atoms with E-state index in [1.165, 1.54) is 24.7 Å².